The van der Waals surface area contributed by atoms with Gasteiger partial charge in [0.25, 0.3) is 11.6 Å². The van der Waals surface area contributed by atoms with Crippen LogP contribution in [0.5, 0.6) is 5.75 Å². The van der Waals surface area contributed by atoms with Gasteiger partial charge in [0, 0.05) is 22.7 Å². The number of hydrogen-bond acceptors (Lipinski definition) is 7. The average Bonchev–Trinajstić information content (AvgIpc) is 3.39. The number of hydroxylamine groups is 1. The molecule has 0 spiro atoms. The Morgan fingerprint density at radius 1 is 1.00 bits per heavy atom. The standard InChI is InChI=1S/C26H22ClN3O6/c1-2-14-35-19-11-8-16(9-12-19)28-25(31)22-23(20-15-18(30(33)34)10-13-21(20)27)29(36-24(22)26(28)32)17-6-4-3-5-7-17/h3-13,15,22-24H,2,14H2,1H3/t22-,23-,24-/m1/s1. The van der Waals surface area contributed by atoms with Gasteiger partial charge in [-0.3, -0.25) is 24.5 Å². The SMILES string of the molecule is CCCOc1ccc(N2C(=O)[C@@H]3[C@@H](c4cc([N+](=O)[O-])ccc4Cl)N(c4ccccc4)O[C@H]3C2=O)cc1. The minimum Gasteiger partial charge on any atom is -0.494 e. The highest BCUT2D eigenvalue weighted by atomic mass is 35.5. The van der Waals surface area contributed by atoms with Crippen LogP contribution < -0.4 is 14.7 Å². The van der Waals surface area contributed by atoms with Crippen molar-refractivity contribution >= 4 is 40.5 Å². The minimum absolute atomic E-state index is 0.179. The van der Waals surface area contributed by atoms with Crippen molar-refractivity contribution in [2.75, 3.05) is 16.6 Å². The molecule has 2 saturated heterocycles. The lowest BCUT2D eigenvalue weighted by Crippen LogP contribution is -2.37. The molecule has 9 nitrogen and oxygen atoms in total. The third kappa shape index (κ3) is 4.06. The zero-order chi connectivity index (χ0) is 25.4. The minimum atomic E-state index is -1.12. The molecular formula is C26H22ClN3O6. The summed E-state index contributed by atoms with van der Waals surface area (Å²) in [5.74, 6) is -1.32. The molecule has 0 N–H and O–H groups in total. The monoisotopic (exact) mass is 507 g/mol. The van der Waals surface area contributed by atoms with Gasteiger partial charge in [-0.2, -0.15) is 0 Å². The van der Waals surface area contributed by atoms with Crippen molar-refractivity contribution in [3.8, 4) is 5.75 Å². The van der Waals surface area contributed by atoms with Crippen LogP contribution in [0, 0.1) is 16.0 Å². The highest BCUT2D eigenvalue weighted by Gasteiger charge is 2.60. The van der Waals surface area contributed by atoms with Gasteiger partial charge in [0.15, 0.2) is 6.10 Å². The molecule has 2 heterocycles. The van der Waals surface area contributed by atoms with Crippen molar-refractivity contribution in [2.45, 2.75) is 25.5 Å². The summed E-state index contributed by atoms with van der Waals surface area (Å²) in [7, 11) is 0. The number of para-hydroxylation sites is 1. The number of halogens is 1. The normalized spacial score (nSPS) is 21.1. The Balaban J connectivity index is 1.55. The van der Waals surface area contributed by atoms with E-state index in [4.69, 9.17) is 21.2 Å². The lowest BCUT2D eigenvalue weighted by atomic mass is 9.90. The number of ether oxygens (including phenoxy) is 1. The Hall–Kier alpha value is -3.95. The largest absolute Gasteiger partial charge is 0.494 e. The number of carbonyl (C=O) groups excluding carboxylic acids is 2. The van der Waals surface area contributed by atoms with E-state index in [1.165, 1.54) is 23.3 Å². The zero-order valence-electron chi connectivity index (χ0n) is 19.2. The first kappa shape index (κ1) is 23.8. The summed E-state index contributed by atoms with van der Waals surface area (Å²) in [4.78, 5) is 45.3. The number of hydrogen-bond donors (Lipinski definition) is 0. The van der Waals surface area contributed by atoms with Gasteiger partial charge in [0.1, 0.15) is 11.7 Å². The van der Waals surface area contributed by atoms with Gasteiger partial charge in [0.2, 0.25) is 5.91 Å². The first-order valence-electron chi connectivity index (χ1n) is 11.5. The quantitative estimate of drug-likeness (QED) is 0.249. The molecule has 2 aliphatic heterocycles. The first-order valence-corrected chi connectivity index (χ1v) is 11.8. The summed E-state index contributed by atoms with van der Waals surface area (Å²) >= 11 is 6.49. The van der Waals surface area contributed by atoms with Crippen molar-refractivity contribution in [2.24, 2.45) is 5.92 Å². The van der Waals surface area contributed by atoms with Crippen LogP contribution in [-0.2, 0) is 14.4 Å². The van der Waals surface area contributed by atoms with Gasteiger partial charge >= 0.3 is 0 Å². The summed E-state index contributed by atoms with van der Waals surface area (Å²) in [6, 6.07) is 18.8. The van der Waals surface area contributed by atoms with Crippen LogP contribution in [-0.4, -0.2) is 29.4 Å². The Kier molecular flexibility index (Phi) is 6.34. The summed E-state index contributed by atoms with van der Waals surface area (Å²) in [5.41, 5.74) is 1.13. The van der Waals surface area contributed by atoms with E-state index < -0.39 is 34.8 Å². The van der Waals surface area contributed by atoms with Crippen molar-refractivity contribution in [3.63, 3.8) is 0 Å². The highest BCUT2D eigenvalue weighted by molar-refractivity contribution is 6.31. The molecule has 2 fully saturated rings. The van der Waals surface area contributed by atoms with E-state index in [0.29, 0.717) is 29.3 Å². The summed E-state index contributed by atoms with van der Waals surface area (Å²) in [6.07, 6.45) is -0.264. The predicted octanol–water partition coefficient (Wildman–Crippen LogP) is 5.09. The number of carbonyl (C=O) groups is 2. The van der Waals surface area contributed by atoms with Crippen molar-refractivity contribution in [1.29, 1.82) is 0 Å². The molecule has 184 valence electrons. The predicted molar refractivity (Wildman–Crippen MR) is 133 cm³/mol. The number of non-ortho nitro benzene ring substituents is 1. The molecular weight excluding hydrogens is 486 g/mol. The number of amides is 2. The maximum absolute atomic E-state index is 13.7. The first-order chi connectivity index (χ1) is 17.4. The van der Waals surface area contributed by atoms with Crippen LogP contribution in [0.4, 0.5) is 17.1 Å². The maximum atomic E-state index is 13.7. The third-order valence-electron chi connectivity index (χ3n) is 6.20. The fourth-order valence-corrected chi connectivity index (χ4v) is 4.80. The van der Waals surface area contributed by atoms with Gasteiger partial charge in [-0.15, -0.1) is 0 Å². The lowest BCUT2D eigenvalue weighted by molar-refractivity contribution is -0.384. The fraction of sp³-hybridized carbons (Fsp3) is 0.231. The Morgan fingerprint density at radius 3 is 2.39 bits per heavy atom. The Labute approximate surface area is 211 Å². The second kappa shape index (κ2) is 9.60. The molecule has 0 aliphatic carbocycles. The van der Waals surface area contributed by atoms with E-state index in [2.05, 4.69) is 0 Å². The van der Waals surface area contributed by atoms with Gasteiger partial charge in [-0.25, -0.2) is 9.96 Å². The second-order valence-electron chi connectivity index (χ2n) is 8.48. The van der Waals surface area contributed by atoms with E-state index in [1.54, 1.807) is 48.5 Å². The number of nitrogens with zero attached hydrogens (tertiary/aromatic N) is 3. The number of fused-ring (bicyclic) bond motifs is 1. The van der Waals surface area contributed by atoms with E-state index in [1.807, 2.05) is 13.0 Å². The van der Waals surface area contributed by atoms with Crippen LogP contribution in [0.1, 0.15) is 24.9 Å². The summed E-state index contributed by atoms with van der Waals surface area (Å²) in [6.45, 7) is 2.55. The van der Waals surface area contributed by atoms with Crippen molar-refractivity contribution in [1.82, 2.24) is 0 Å². The molecule has 0 unspecified atom stereocenters. The molecule has 0 aromatic heterocycles. The van der Waals surface area contributed by atoms with Crippen LogP contribution in [0.3, 0.4) is 0 Å². The van der Waals surface area contributed by atoms with Gasteiger partial charge < -0.3 is 4.74 Å². The molecule has 3 aromatic carbocycles. The molecule has 2 aliphatic rings. The second-order valence-corrected chi connectivity index (χ2v) is 8.88. The number of nitro groups is 1. The zero-order valence-corrected chi connectivity index (χ0v) is 20.0. The fourth-order valence-electron chi connectivity index (χ4n) is 4.57. The molecule has 3 atom stereocenters. The lowest BCUT2D eigenvalue weighted by Gasteiger charge is -2.29. The van der Waals surface area contributed by atoms with Crippen LogP contribution in [0.15, 0.2) is 72.8 Å². The number of rotatable bonds is 7. The smallest absolute Gasteiger partial charge is 0.269 e. The molecule has 5 rings (SSSR count). The molecule has 10 heteroatoms. The van der Waals surface area contributed by atoms with Gasteiger partial charge in [0.05, 0.1) is 28.9 Å². The van der Waals surface area contributed by atoms with E-state index in [0.717, 1.165) is 11.3 Å². The van der Waals surface area contributed by atoms with Gasteiger partial charge in [-0.05, 0) is 48.9 Å². The maximum Gasteiger partial charge on any atom is 0.269 e. The highest BCUT2D eigenvalue weighted by Crippen LogP contribution is 2.49. The molecule has 0 saturated carbocycles. The van der Waals surface area contributed by atoms with Crippen LogP contribution in [0.25, 0.3) is 0 Å². The summed E-state index contributed by atoms with van der Waals surface area (Å²) < 4.78 is 5.59. The number of benzene rings is 3. The molecule has 3 aromatic rings. The van der Waals surface area contributed by atoms with Crippen molar-refractivity contribution in [3.05, 3.63) is 93.5 Å². The number of anilines is 2. The molecule has 2 amide bonds. The van der Waals surface area contributed by atoms with Crippen LogP contribution >= 0.6 is 11.6 Å². The Morgan fingerprint density at radius 2 is 1.72 bits per heavy atom. The topological polar surface area (TPSA) is 102 Å². The molecule has 36 heavy (non-hydrogen) atoms. The number of imide groups is 1. The Bertz CT molecular complexity index is 1320. The third-order valence-corrected chi connectivity index (χ3v) is 6.55. The molecule has 0 bridgehead atoms. The van der Waals surface area contributed by atoms with E-state index >= 15 is 0 Å². The van der Waals surface area contributed by atoms with Gasteiger partial charge in [-0.1, -0.05) is 36.7 Å². The van der Waals surface area contributed by atoms with Crippen molar-refractivity contribution < 1.29 is 24.1 Å². The van der Waals surface area contributed by atoms with E-state index in [-0.39, 0.29) is 10.7 Å². The average molecular weight is 508 g/mol. The van der Waals surface area contributed by atoms with Crippen LogP contribution in [0.2, 0.25) is 5.02 Å². The number of nitro benzene ring substituents is 1. The van der Waals surface area contributed by atoms with E-state index in [9.17, 15) is 19.7 Å². The molecule has 0 radical (unpaired) electrons. The summed E-state index contributed by atoms with van der Waals surface area (Å²) in [5, 5.41) is 13.2.